The van der Waals surface area contributed by atoms with Gasteiger partial charge in [0, 0.05) is 46.4 Å². The van der Waals surface area contributed by atoms with Crippen molar-refractivity contribution in [2.24, 2.45) is 5.92 Å². The van der Waals surface area contributed by atoms with Gasteiger partial charge >= 0.3 is 5.97 Å². The zero-order valence-corrected chi connectivity index (χ0v) is 35.4. The van der Waals surface area contributed by atoms with Crippen molar-refractivity contribution in [2.45, 2.75) is 94.1 Å². The van der Waals surface area contributed by atoms with Gasteiger partial charge in [0.05, 0.1) is 12.3 Å². The lowest BCUT2D eigenvalue weighted by Crippen LogP contribution is -2.45. The first kappa shape index (κ1) is 41.7. The topological polar surface area (TPSA) is 58.6 Å². The maximum atomic E-state index is 15.0. The summed E-state index contributed by atoms with van der Waals surface area (Å²) in [6.45, 7) is 0.471. The monoisotopic (exact) mass is 814 g/mol. The molecule has 5 nitrogen and oxygen atoms in total. The van der Waals surface area contributed by atoms with Gasteiger partial charge in [0.1, 0.15) is 0 Å². The summed E-state index contributed by atoms with van der Waals surface area (Å²) in [6, 6.07) is 42.4. The van der Waals surface area contributed by atoms with E-state index in [0.717, 1.165) is 41.5 Å². The van der Waals surface area contributed by atoms with Crippen LogP contribution in [0.15, 0.2) is 127 Å². The largest absolute Gasteiger partial charge is 0.444 e. The second-order valence-corrected chi connectivity index (χ2v) is 17.2. The molecule has 0 spiro atoms. The Morgan fingerprint density at radius 2 is 1.40 bits per heavy atom. The molecular weight excluding hydrogens is 759 g/mol. The van der Waals surface area contributed by atoms with E-state index in [0.29, 0.717) is 28.1 Å². The Morgan fingerprint density at radius 3 is 2.10 bits per heavy atom. The number of rotatable bonds is 14. The van der Waals surface area contributed by atoms with Crippen molar-refractivity contribution < 1.29 is 14.3 Å². The average Bonchev–Trinajstić information content (AvgIpc) is 3.67. The van der Waals surface area contributed by atoms with E-state index in [1.165, 1.54) is 56.1 Å². The third-order valence-electron chi connectivity index (χ3n) is 12.6. The summed E-state index contributed by atoms with van der Waals surface area (Å²) in [4.78, 5) is 31.6. The van der Waals surface area contributed by atoms with Crippen LogP contribution in [0.25, 0.3) is 0 Å². The SMILES string of the molecule is CN[C@H](Cc1ccc(Cl)cc1)CN(C)C(=O)[C@@H](CC(=O)OC(c1ccccc1)(c1ccc(C2CCCCCCC2)cc1)c1ccccc1Cl)[C@@H]1CCc2ccccc21. The first-order chi connectivity index (χ1) is 28.3. The van der Waals surface area contributed by atoms with Gasteiger partial charge in [-0.3, -0.25) is 9.59 Å². The minimum absolute atomic E-state index is 0.00468. The van der Waals surface area contributed by atoms with Gasteiger partial charge < -0.3 is 15.0 Å². The van der Waals surface area contributed by atoms with Crippen LogP contribution in [0.2, 0.25) is 10.0 Å². The molecule has 2 aliphatic rings. The molecular formula is C51H56Cl2N2O3. The van der Waals surface area contributed by atoms with E-state index >= 15 is 0 Å². The fourth-order valence-electron chi connectivity index (χ4n) is 9.52. The quantitative estimate of drug-likeness (QED) is 0.0896. The molecule has 5 aromatic carbocycles. The number of benzene rings is 5. The summed E-state index contributed by atoms with van der Waals surface area (Å²) in [7, 11) is 3.77. The van der Waals surface area contributed by atoms with Crippen LogP contribution in [0.1, 0.15) is 109 Å². The van der Waals surface area contributed by atoms with E-state index in [2.05, 4.69) is 41.7 Å². The molecule has 0 bridgehead atoms. The third-order valence-corrected chi connectivity index (χ3v) is 13.2. The summed E-state index contributed by atoms with van der Waals surface area (Å²) in [5.74, 6) is -0.764. The van der Waals surface area contributed by atoms with Crippen molar-refractivity contribution >= 4 is 35.1 Å². The molecule has 1 amide bonds. The Morgan fingerprint density at radius 1 is 0.759 bits per heavy atom. The van der Waals surface area contributed by atoms with Gasteiger partial charge in [0.25, 0.3) is 0 Å². The summed E-state index contributed by atoms with van der Waals surface area (Å²) in [5, 5.41) is 4.60. The number of carbonyl (C=O) groups excluding carboxylic acids is 2. The molecule has 302 valence electrons. The summed E-state index contributed by atoms with van der Waals surface area (Å²) < 4.78 is 6.98. The van der Waals surface area contributed by atoms with Gasteiger partial charge in [0.2, 0.25) is 5.91 Å². The van der Waals surface area contributed by atoms with E-state index in [1.807, 2.05) is 105 Å². The van der Waals surface area contributed by atoms with Crippen molar-refractivity contribution in [1.29, 1.82) is 0 Å². The second kappa shape index (κ2) is 19.6. The van der Waals surface area contributed by atoms with Crippen LogP contribution in [0.3, 0.4) is 0 Å². The standard InChI is InChI=1S/C51H56Cl2N2O3/c1-54-43(33-36-23-30-42(52)31-24-36)35-55(2)50(57)46(45-32-27-39-17-11-12-20-44(39)45)34-49(56)58-51(40-18-9-6-10-19-40,47-21-13-14-22-48(47)53)41-28-25-38(26-29-41)37-15-7-4-3-5-8-16-37/h6,9-14,17-26,28-31,37,43,45-46,54H,3-5,7-8,15-16,27,32-35H2,1-2H3/t43-,45-,46+,51?/m1/s1. The van der Waals surface area contributed by atoms with Crippen LogP contribution >= 0.6 is 23.2 Å². The Kier molecular flexibility index (Phi) is 14.1. The van der Waals surface area contributed by atoms with Crippen LogP contribution in [0.5, 0.6) is 0 Å². The van der Waals surface area contributed by atoms with E-state index in [1.54, 1.807) is 4.90 Å². The number of halogens is 2. The first-order valence-electron chi connectivity index (χ1n) is 21.1. The number of esters is 1. The molecule has 58 heavy (non-hydrogen) atoms. The molecule has 1 saturated carbocycles. The van der Waals surface area contributed by atoms with Crippen LogP contribution in [0, 0.1) is 5.92 Å². The first-order valence-corrected chi connectivity index (χ1v) is 21.9. The van der Waals surface area contributed by atoms with E-state index < -0.39 is 17.5 Å². The number of aryl methyl sites for hydroxylation is 1. The lowest BCUT2D eigenvalue weighted by atomic mass is 9.78. The molecule has 5 aromatic rings. The number of carbonyl (C=O) groups is 2. The van der Waals surface area contributed by atoms with Crippen molar-refractivity contribution in [3.63, 3.8) is 0 Å². The second-order valence-electron chi connectivity index (χ2n) is 16.4. The lowest BCUT2D eigenvalue weighted by Gasteiger charge is -2.37. The van der Waals surface area contributed by atoms with Crippen molar-refractivity contribution in [3.8, 4) is 0 Å². The number of hydrogen-bond acceptors (Lipinski definition) is 4. The number of ether oxygens (including phenoxy) is 1. The van der Waals surface area contributed by atoms with Crippen LogP contribution in [-0.4, -0.2) is 43.5 Å². The number of hydrogen-bond donors (Lipinski definition) is 1. The molecule has 1 fully saturated rings. The zero-order valence-electron chi connectivity index (χ0n) is 33.8. The Bertz CT molecular complexity index is 2110. The van der Waals surface area contributed by atoms with E-state index in [-0.39, 0.29) is 24.3 Å². The van der Waals surface area contributed by atoms with Gasteiger partial charge in [-0.15, -0.1) is 0 Å². The molecule has 1 N–H and O–H groups in total. The van der Waals surface area contributed by atoms with Crippen LogP contribution < -0.4 is 5.32 Å². The van der Waals surface area contributed by atoms with Crippen molar-refractivity contribution in [2.75, 3.05) is 20.6 Å². The van der Waals surface area contributed by atoms with Gasteiger partial charge in [-0.25, -0.2) is 0 Å². The fraction of sp³-hybridized carbons (Fsp3) is 0.373. The minimum Gasteiger partial charge on any atom is -0.444 e. The smallest absolute Gasteiger partial charge is 0.308 e. The molecule has 0 heterocycles. The van der Waals surface area contributed by atoms with Crippen LogP contribution in [0.4, 0.5) is 0 Å². The van der Waals surface area contributed by atoms with Crippen molar-refractivity contribution in [3.05, 3.63) is 176 Å². The van der Waals surface area contributed by atoms with E-state index in [9.17, 15) is 9.59 Å². The van der Waals surface area contributed by atoms with Crippen LogP contribution in [-0.2, 0) is 32.8 Å². The Hall–Kier alpha value is -4.42. The summed E-state index contributed by atoms with van der Waals surface area (Å²) in [5.41, 5.74) is 5.75. The molecule has 7 heteroatoms. The number of nitrogens with one attached hydrogen (secondary N) is 1. The number of fused-ring (bicyclic) bond motifs is 1. The van der Waals surface area contributed by atoms with Crippen molar-refractivity contribution in [1.82, 2.24) is 10.2 Å². The average molecular weight is 816 g/mol. The predicted molar refractivity (Wildman–Crippen MR) is 237 cm³/mol. The molecule has 0 aliphatic heterocycles. The van der Waals surface area contributed by atoms with Gasteiger partial charge in [-0.05, 0) is 91.4 Å². The predicted octanol–water partition coefficient (Wildman–Crippen LogP) is 11.7. The fourth-order valence-corrected chi connectivity index (χ4v) is 9.91. The maximum Gasteiger partial charge on any atom is 0.308 e. The molecule has 1 unspecified atom stereocenters. The van der Waals surface area contributed by atoms with Gasteiger partial charge in [-0.2, -0.15) is 0 Å². The summed E-state index contributed by atoms with van der Waals surface area (Å²) in [6.07, 6.45) is 11.1. The number of likely N-dealkylation sites (N-methyl/N-ethyl adjacent to an activating group) is 2. The highest BCUT2D eigenvalue weighted by molar-refractivity contribution is 6.31. The highest BCUT2D eigenvalue weighted by Crippen LogP contribution is 2.46. The Balaban J connectivity index is 1.23. The third kappa shape index (κ3) is 9.54. The minimum atomic E-state index is -1.36. The number of nitrogens with zero attached hydrogens (tertiary/aromatic N) is 1. The molecule has 7 rings (SSSR count). The molecule has 2 aliphatic carbocycles. The lowest BCUT2D eigenvalue weighted by molar-refractivity contribution is -0.157. The molecule has 0 radical (unpaired) electrons. The highest BCUT2D eigenvalue weighted by Gasteiger charge is 2.44. The normalized spacial score (nSPS) is 17.9. The van der Waals surface area contributed by atoms with Gasteiger partial charge in [0.15, 0.2) is 5.60 Å². The molecule has 0 aromatic heterocycles. The van der Waals surface area contributed by atoms with E-state index in [4.69, 9.17) is 27.9 Å². The molecule has 0 saturated heterocycles. The maximum absolute atomic E-state index is 15.0. The van der Waals surface area contributed by atoms with Gasteiger partial charge in [-0.1, -0.05) is 165 Å². The molecule has 4 atom stereocenters. The highest BCUT2D eigenvalue weighted by atomic mass is 35.5. The Labute approximate surface area is 355 Å². The zero-order chi connectivity index (χ0) is 40.5. The number of amides is 1. The summed E-state index contributed by atoms with van der Waals surface area (Å²) >= 11 is 13.3.